The quantitative estimate of drug-likeness (QED) is 0.389. The first-order chi connectivity index (χ1) is 14.4. The van der Waals surface area contributed by atoms with Gasteiger partial charge in [-0.1, -0.05) is 33.1 Å². The van der Waals surface area contributed by atoms with Crippen LogP contribution in [0.1, 0.15) is 73.4 Å². The molecule has 0 aliphatic heterocycles. The monoisotopic (exact) mass is 404 g/mol. The highest BCUT2D eigenvalue weighted by Gasteiger charge is 2.23. The van der Waals surface area contributed by atoms with Gasteiger partial charge in [0.05, 0.1) is 22.8 Å². The normalized spacial score (nSPS) is 11.8. The second-order valence-electron chi connectivity index (χ2n) is 8.39. The number of nitrogens with zero attached hydrogens (tertiary/aromatic N) is 6. The molecule has 0 unspecified atom stereocenters. The largest absolute Gasteiger partial charge is 0.231 e. The summed E-state index contributed by atoms with van der Waals surface area (Å²) in [7, 11) is 0. The van der Waals surface area contributed by atoms with Gasteiger partial charge >= 0.3 is 0 Å². The highest BCUT2D eigenvalue weighted by atomic mass is 15.3. The Morgan fingerprint density at radius 2 is 1.17 bits per heavy atom. The Morgan fingerprint density at radius 3 is 1.63 bits per heavy atom. The first-order valence-electron chi connectivity index (χ1n) is 11.2. The maximum absolute atomic E-state index is 4.95. The molecule has 6 heteroatoms. The lowest BCUT2D eigenvalue weighted by molar-refractivity contribution is 0.714. The zero-order valence-electron chi connectivity index (χ0n) is 19.1. The number of unbranched alkanes of at least 4 members (excludes halogenated alkanes) is 2. The second-order valence-corrected chi connectivity index (χ2v) is 8.39. The van der Waals surface area contributed by atoms with Crippen molar-refractivity contribution in [2.45, 2.75) is 80.1 Å². The highest BCUT2D eigenvalue weighted by Crippen LogP contribution is 2.30. The van der Waals surface area contributed by atoms with Gasteiger partial charge in [0.25, 0.3) is 0 Å². The maximum Gasteiger partial charge on any atom is 0.157 e. The van der Waals surface area contributed by atoms with Crippen LogP contribution < -0.4 is 0 Å². The summed E-state index contributed by atoms with van der Waals surface area (Å²) in [6.07, 6.45) is 6.72. The van der Waals surface area contributed by atoms with E-state index in [1.54, 1.807) is 0 Å². The van der Waals surface area contributed by atoms with Crippen LogP contribution in [-0.2, 0) is 12.8 Å². The van der Waals surface area contributed by atoms with Crippen LogP contribution in [0.4, 0.5) is 0 Å². The number of imidazole rings is 2. The standard InChI is InChI=1S/C24H32N6/c1-7-9-10-12-20-14-16(4)28-30-22(18(6)26-24(20)30)21-17(5)25-23-19(11-8-2)13-15(3)27-29(21)23/h13-14H,7-12H2,1-6H3. The van der Waals surface area contributed by atoms with Gasteiger partial charge in [0.2, 0.25) is 0 Å². The summed E-state index contributed by atoms with van der Waals surface area (Å²) < 4.78 is 4.03. The lowest BCUT2D eigenvalue weighted by atomic mass is 10.1. The van der Waals surface area contributed by atoms with E-state index in [0.717, 1.165) is 64.7 Å². The molecule has 0 saturated heterocycles. The molecular formula is C24H32N6. The smallest absolute Gasteiger partial charge is 0.157 e. The molecule has 0 aromatic carbocycles. The van der Waals surface area contributed by atoms with Crippen molar-refractivity contribution in [1.82, 2.24) is 29.2 Å². The molecule has 4 heterocycles. The summed E-state index contributed by atoms with van der Waals surface area (Å²) >= 11 is 0. The fourth-order valence-corrected chi connectivity index (χ4v) is 4.40. The van der Waals surface area contributed by atoms with Crippen LogP contribution in [0.3, 0.4) is 0 Å². The van der Waals surface area contributed by atoms with Gasteiger partial charge in [0.1, 0.15) is 11.4 Å². The Morgan fingerprint density at radius 1 is 0.667 bits per heavy atom. The maximum atomic E-state index is 4.95. The molecule has 0 atom stereocenters. The third kappa shape index (κ3) is 3.48. The van der Waals surface area contributed by atoms with Gasteiger partial charge < -0.3 is 0 Å². The SMILES string of the molecule is CCCCCc1cc(C)nn2c(-c3c(C)nc4c(CCC)cc(C)nn34)c(C)nc12. The van der Waals surface area contributed by atoms with Gasteiger partial charge in [-0.15, -0.1) is 0 Å². The average Bonchev–Trinajstić information content (AvgIpc) is 3.18. The molecule has 0 aliphatic rings. The lowest BCUT2D eigenvalue weighted by Gasteiger charge is -2.09. The minimum absolute atomic E-state index is 0.945. The number of fused-ring (bicyclic) bond motifs is 2. The molecule has 4 aromatic rings. The summed E-state index contributed by atoms with van der Waals surface area (Å²) in [5.74, 6) is 0. The summed E-state index contributed by atoms with van der Waals surface area (Å²) in [4.78, 5) is 9.86. The van der Waals surface area contributed by atoms with Crippen molar-refractivity contribution in [2.75, 3.05) is 0 Å². The summed E-state index contributed by atoms with van der Waals surface area (Å²) in [6, 6.07) is 4.34. The lowest BCUT2D eigenvalue weighted by Crippen LogP contribution is -2.05. The van der Waals surface area contributed by atoms with Gasteiger partial charge in [0, 0.05) is 0 Å². The molecule has 30 heavy (non-hydrogen) atoms. The third-order valence-electron chi connectivity index (χ3n) is 5.71. The van der Waals surface area contributed by atoms with Gasteiger partial charge in [-0.05, 0) is 70.2 Å². The van der Waals surface area contributed by atoms with E-state index in [2.05, 4.69) is 46.8 Å². The Labute approximate surface area is 178 Å². The topological polar surface area (TPSA) is 60.4 Å². The van der Waals surface area contributed by atoms with E-state index in [1.807, 2.05) is 16.0 Å². The molecule has 0 bridgehead atoms. The van der Waals surface area contributed by atoms with E-state index in [1.165, 1.54) is 30.4 Å². The average molecular weight is 405 g/mol. The highest BCUT2D eigenvalue weighted by molar-refractivity contribution is 5.71. The predicted molar refractivity (Wildman–Crippen MR) is 121 cm³/mol. The van der Waals surface area contributed by atoms with Gasteiger partial charge in [-0.25, -0.2) is 19.0 Å². The van der Waals surface area contributed by atoms with E-state index in [-0.39, 0.29) is 0 Å². The van der Waals surface area contributed by atoms with Crippen LogP contribution in [0.15, 0.2) is 12.1 Å². The van der Waals surface area contributed by atoms with E-state index in [0.29, 0.717) is 0 Å². The van der Waals surface area contributed by atoms with Crippen LogP contribution in [0.25, 0.3) is 22.7 Å². The van der Waals surface area contributed by atoms with Crippen LogP contribution in [0, 0.1) is 27.7 Å². The minimum Gasteiger partial charge on any atom is -0.231 e. The predicted octanol–water partition coefficient (Wildman–Crippen LogP) is 5.36. The molecule has 0 aliphatic carbocycles. The van der Waals surface area contributed by atoms with Crippen molar-refractivity contribution in [3.8, 4) is 11.4 Å². The van der Waals surface area contributed by atoms with Gasteiger partial charge in [-0.2, -0.15) is 10.2 Å². The van der Waals surface area contributed by atoms with Crippen molar-refractivity contribution >= 4 is 11.3 Å². The number of rotatable bonds is 7. The Hall–Kier alpha value is -2.76. The number of aromatic nitrogens is 6. The van der Waals surface area contributed by atoms with E-state index in [4.69, 9.17) is 20.2 Å². The molecule has 0 amide bonds. The molecule has 4 aromatic heterocycles. The third-order valence-corrected chi connectivity index (χ3v) is 5.71. The molecule has 4 rings (SSSR count). The van der Waals surface area contributed by atoms with Crippen LogP contribution >= 0.6 is 0 Å². The molecule has 158 valence electrons. The summed E-state index contributed by atoms with van der Waals surface area (Å²) in [5, 5.41) is 9.69. The zero-order valence-corrected chi connectivity index (χ0v) is 19.1. The Kier molecular flexibility index (Phi) is 5.58. The first kappa shape index (κ1) is 20.5. The molecule has 0 saturated carbocycles. The van der Waals surface area contributed by atoms with Crippen molar-refractivity contribution in [3.05, 3.63) is 46.0 Å². The minimum atomic E-state index is 0.945. The summed E-state index contributed by atoms with van der Waals surface area (Å²) in [5.41, 5.74) is 10.4. The van der Waals surface area contributed by atoms with E-state index < -0.39 is 0 Å². The van der Waals surface area contributed by atoms with Crippen molar-refractivity contribution in [2.24, 2.45) is 0 Å². The molecule has 0 fully saturated rings. The molecule has 0 N–H and O–H groups in total. The van der Waals surface area contributed by atoms with Gasteiger partial charge in [-0.3, -0.25) is 0 Å². The Bertz CT molecular complexity index is 1210. The molecule has 0 radical (unpaired) electrons. The van der Waals surface area contributed by atoms with Crippen LogP contribution in [0.5, 0.6) is 0 Å². The van der Waals surface area contributed by atoms with Gasteiger partial charge in [0.15, 0.2) is 11.3 Å². The van der Waals surface area contributed by atoms with Crippen LogP contribution in [0.2, 0.25) is 0 Å². The first-order valence-corrected chi connectivity index (χ1v) is 11.2. The Balaban J connectivity index is 1.97. The van der Waals surface area contributed by atoms with E-state index in [9.17, 15) is 0 Å². The summed E-state index contributed by atoms with van der Waals surface area (Å²) in [6.45, 7) is 12.7. The second kappa shape index (κ2) is 8.17. The van der Waals surface area contributed by atoms with Crippen molar-refractivity contribution in [3.63, 3.8) is 0 Å². The van der Waals surface area contributed by atoms with Crippen molar-refractivity contribution in [1.29, 1.82) is 0 Å². The fraction of sp³-hybridized carbons (Fsp3) is 0.500. The number of hydrogen-bond donors (Lipinski definition) is 0. The van der Waals surface area contributed by atoms with E-state index >= 15 is 0 Å². The van der Waals surface area contributed by atoms with Crippen molar-refractivity contribution < 1.29 is 0 Å². The number of aryl methyl sites for hydroxylation is 6. The molecule has 6 nitrogen and oxygen atoms in total. The molecular weight excluding hydrogens is 372 g/mol. The fourth-order valence-electron chi connectivity index (χ4n) is 4.40. The number of hydrogen-bond acceptors (Lipinski definition) is 4. The van der Waals surface area contributed by atoms with Crippen LogP contribution in [-0.4, -0.2) is 29.2 Å². The molecule has 0 spiro atoms. The zero-order chi connectivity index (χ0) is 21.4.